The quantitative estimate of drug-likeness (QED) is 0.701. The Kier molecular flexibility index (Phi) is 5.13. The number of amides is 1. The molecule has 8 nitrogen and oxygen atoms in total. The Morgan fingerprint density at radius 3 is 3.20 bits per heavy atom. The van der Waals surface area contributed by atoms with E-state index in [4.69, 9.17) is 10.2 Å². The molecule has 3 N–H and O–H groups in total. The summed E-state index contributed by atoms with van der Waals surface area (Å²) < 4.78 is 6.80. The van der Waals surface area contributed by atoms with Gasteiger partial charge < -0.3 is 15.5 Å². The summed E-state index contributed by atoms with van der Waals surface area (Å²) in [4.78, 5) is 11.8. The topological polar surface area (TPSA) is 112 Å². The van der Waals surface area contributed by atoms with Crippen molar-refractivity contribution >= 4 is 17.7 Å². The van der Waals surface area contributed by atoms with Crippen LogP contribution in [-0.4, -0.2) is 38.4 Å². The smallest absolute Gasteiger partial charge is 0.231 e. The van der Waals surface area contributed by atoms with E-state index in [0.29, 0.717) is 18.2 Å². The first-order valence-corrected chi connectivity index (χ1v) is 7.11. The van der Waals surface area contributed by atoms with Crippen molar-refractivity contribution < 1.29 is 9.21 Å². The van der Waals surface area contributed by atoms with E-state index in [1.54, 1.807) is 17.0 Å². The normalized spacial score (nSPS) is 12.3. The maximum Gasteiger partial charge on any atom is 0.231 e. The zero-order valence-corrected chi connectivity index (χ0v) is 11.8. The highest BCUT2D eigenvalue weighted by atomic mass is 32.2. The first kappa shape index (κ1) is 14.5. The summed E-state index contributed by atoms with van der Waals surface area (Å²) in [6.45, 7) is 2.83. The molecule has 0 aliphatic heterocycles. The standard InChI is InChI=1S/C11H16N6O2S/c1-8(9-3-2-6-19-9)13-10(18)7-20-11-14-15-16-17(11)5-4-12/h2-3,6,8H,4-5,7,12H2,1H3,(H,13,18). The molecule has 2 rings (SSSR count). The largest absolute Gasteiger partial charge is 0.467 e. The molecule has 0 spiro atoms. The van der Waals surface area contributed by atoms with E-state index >= 15 is 0 Å². The number of carbonyl (C=O) groups excluding carboxylic acids is 1. The Balaban J connectivity index is 1.81. The fourth-order valence-electron chi connectivity index (χ4n) is 1.58. The number of rotatable bonds is 7. The molecule has 2 aromatic heterocycles. The van der Waals surface area contributed by atoms with Gasteiger partial charge in [-0.3, -0.25) is 4.79 Å². The number of nitrogens with one attached hydrogen (secondary N) is 1. The van der Waals surface area contributed by atoms with Crippen molar-refractivity contribution in [3.63, 3.8) is 0 Å². The van der Waals surface area contributed by atoms with Gasteiger partial charge >= 0.3 is 0 Å². The minimum atomic E-state index is -0.168. The molecule has 0 aliphatic carbocycles. The number of hydrogen-bond donors (Lipinski definition) is 2. The van der Waals surface area contributed by atoms with Crippen LogP contribution in [0.3, 0.4) is 0 Å². The van der Waals surface area contributed by atoms with Crippen LogP contribution < -0.4 is 11.1 Å². The van der Waals surface area contributed by atoms with Crippen LogP contribution in [0.2, 0.25) is 0 Å². The molecule has 9 heteroatoms. The third-order valence-corrected chi connectivity index (χ3v) is 3.48. The predicted octanol–water partition coefficient (Wildman–Crippen LogP) is 0.194. The van der Waals surface area contributed by atoms with Crippen molar-refractivity contribution in [1.82, 2.24) is 25.5 Å². The molecular formula is C11H16N6O2S. The summed E-state index contributed by atoms with van der Waals surface area (Å²) in [5.41, 5.74) is 5.45. The van der Waals surface area contributed by atoms with Gasteiger partial charge in [0, 0.05) is 6.54 Å². The van der Waals surface area contributed by atoms with Gasteiger partial charge in [-0.2, -0.15) is 0 Å². The summed E-state index contributed by atoms with van der Waals surface area (Å²) in [5.74, 6) is 0.841. The fourth-order valence-corrected chi connectivity index (χ4v) is 2.30. The molecule has 0 radical (unpaired) electrons. The molecule has 2 heterocycles. The molecule has 0 saturated heterocycles. The number of carbonyl (C=O) groups is 1. The third-order valence-electron chi connectivity index (χ3n) is 2.52. The Morgan fingerprint density at radius 2 is 2.50 bits per heavy atom. The summed E-state index contributed by atoms with van der Waals surface area (Å²) in [6, 6.07) is 3.44. The second kappa shape index (κ2) is 7.06. The van der Waals surface area contributed by atoms with Crippen LogP contribution in [0.25, 0.3) is 0 Å². The Hall–Kier alpha value is -1.87. The molecule has 0 aromatic carbocycles. The lowest BCUT2D eigenvalue weighted by Gasteiger charge is -2.10. The highest BCUT2D eigenvalue weighted by Gasteiger charge is 2.14. The number of thioether (sulfide) groups is 1. The van der Waals surface area contributed by atoms with Gasteiger partial charge in [-0.25, -0.2) is 4.68 Å². The van der Waals surface area contributed by atoms with Crippen LogP contribution in [0.15, 0.2) is 28.0 Å². The van der Waals surface area contributed by atoms with Crippen LogP contribution in [-0.2, 0) is 11.3 Å². The van der Waals surface area contributed by atoms with Crippen molar-refractivity contribution in [2.75, 3.05) is 12.3 Å². The van der Waals surface area contributed by atoms with Gasteiger partial charge in [0.2, 0.25) is 11.1 Å². The summed E-state index contributed by atoms with van der Waals surface area (Å²) in [6.07, 6.45) is 1.58. The van der Waals surface area contributed by atoms with E-state index in [0.717, 1.165) is 5.76 Å². The highest BCUT2D eigenvalue weighted by molar-refractivity contribution is 7.99. The monoisotopic (exact) mass is 296 g/mol. The highest BCUT2D eigenvalue weighted by Crippen LogP contribution is 2.15. The third kappa shape index (κ3) is 3.81. The van der Waals surface area contributed by atoms with E-state index < -0.39 is 0 Å². The van der Waals surface area contributed by atoms with Gasteiger partial charge in [0.05, 0.1) is 24.6 Å². The van der Waals surface area contributed by atoms with Crippen LogP contribution in [0.5, 0.6) is 0 Å². The van der Waals surface area contributed by atoms with Gasteiger partial charge in [-0.05, 0) is 29.5 Å². The zero-order valence-electron chi connectivity index (χ0n) is 11.0. The number of nitrogens with zero attached hydrogens (tertiary/aromatic N) is 4. The predicted molar refractivity (Wildman–Crippen MR) is 72.9 cm³/mol. The van der Waals surface area contributed by atoms with Gasteiger partial charge in [0.25, 0.3) is 0 Å². The molecular weight excluding hydrogens is 280 g/mol. The van der Waals surface area contributed by atoms with E-state index in [-0.39, 0.29) is 17.7 Å². The minimum Gasteiger partial charge on any atom is -0.467 e. The van der Waals surface area contributed by atoms with E-state index in [9.17, 15) is 4.79 Å². The first-order valence-electron chi connectivity index (χ1n) is 6.12. The molecule has 0 bridgehead atoms. The van der Waals surface area contributed by atoms with Crippen molar-refractivity contribution in [3.8, 4) is 0 Å². The van der Waals surface area contributed by atoms with Gasteiger partial charge in [-0.1, -0.05) is 11.8 Å². The van der Waals surface area contributed by atoms with E-state index in [1.807, 2.05) is 13.0 Å². The van der Waals surface area contributed by atoms with Crippen molar-refractivity contribution in [1.29, 1.82) is 0 Å². The summed E-state index contributed by atoms with van der Waals surface area (Å²) >= 11 is 1.27. The van der Waals surface area contributed by atoms with Crippen LogP contribution in [0.4, 0.5) is 0 Å². The average molecular weight is 296 g/mol. The first-order chi connectivity index (χ1) is 9.70. The van der Waals surface area contributed by atoms with Crippen molar-refractivity contribution in [2.45, 2.75) is 24.7 Å². The van der Waals surface area contributed by atoms with Crippen LogP contribution in [0.1, 0.15) is 18.7 Å². The summed E-state index contributed by atoms with van der Waals surface area (Å²) in [5, 5.41) is 14.6. The lowest BCUT2D eigenvalue weighted by molar-refractivity contribution is -0.119. The Morgan fingerprint density at radius 1 is 1.65 bits per heavy atom. The Labute approximate surface area is 120 Å². The molecule has 1 unspecified atom stereocenters. The van der Waals surface area contributed by atoms with Crippen LogP contribution in [0, 0.1) is 0 Å². The zero-order chi connectivity index (χ0) is 14.4. The second-order valence-corrected chi connectivity index (χ2v) is 5.01. The summed E-state index contributed by atoms with van der Waals surface area (Å²) in [7, 11) is 0. The SMILES string of the molecule is CC(NC(=O)CSc1nnnn1CCN)c1ccco1. The average Bonchev–Trinajstić information content (AvgIpc) is 3.08. The molecule has 0 aliphatic rings. The second-order valence-electron chi connectivity index (χ2n) is 4.07. The Bertz CT molecular complexity index is 541. The lowest BCUT2D eigenvalue weighted by Crippen LogP contribution is -2.28. The molecule has 108 valence electrons. The van der Waals surface area contributed by atoms with E-state index in [1.165, 1.54) is 11.8 Å². The molecule has 1 amide bonds. The molecule has 0 fully saturated rings. The van der Waals surface area contributed by atoms with Crippen LogP contribution >= 0.6 is 11.8 Å². The van der Waals surface area contributed by atoms with Gasteiger partial charge in [0.1, 0.15) is 5.76 Å². The maximum atomic E-state index is 11.8. The van der Waals surface area contributed by atoms with Crippen molar-refractivity contribution in [3.05, 3.63) is 24.2 Å². The molecule has 0 saturated carbocycles. The molecule has 2 aromatic rings. The lowest BCUT2D eigenvalue weighted by atomic mass is 10.2. The van der Waals surface area contributed by atoms with Gasteiger partial charge in [0.15, 0.2) is 0 Å². The van der Waals surface area contributed by atoms with Crippen molar-refractivity contribution in [2.24, 2.45) is 5.73 Å². The van der Waals surface area contributed by atoms with E-state index in [2.05, 4.69) is 20.8 Å². The number of aromatic nitrogens is 4. The number of furan rings is 1. The number of nitrogens with two attached hydrogens (primary N) is 1. The number of tetrazole rings is 1. The maximum absolute atomic E-state index is 11.8. The fraction of sp³-hybridized carbons (Fsp3) is 0.455. The minimum absolute atomic E-state index is 0.110. The molecule has 1 atom stereocenters. The molecule has 20 heavy (non-hydrogen) atoms. The van der Waals surface area contributed by atoms with Gasteiger partial charge in [-0.15, -0.1) is 5.10 Å². The number of hydrogen-bond acceptors (Lipinski definition) is 7.